The SMILES string of the molecule is CN1C2=C(Cc3cc(Oc4ccc(Cl)cc4)ccc32)S/C1=C\N. The van der Waals surface area contributed by atoms with Gasteiger partial charge in [-0.25, -0.2) is 0 Å². The summed E-state index contributed by atoms with van der Waals surface area (Å²) < 4.78 is 5.92. The molecule has 2 aromatic carbocycles. The lowest BCUT2D eigenvalue weighted by Gasteiger charge is -2.18. The quantitative estimate of drug-likeness (QED) is 0.851. The number of thioether (sulfide) groups is 1. The van der Waals surface area contributed by atoms with Gasteiger partial charge in [0.2, 0.25) is 0 Å². The lowest BCUT2D eigenvalue weighted by molar-refractivity contribution is 0.482. The predicted octanol–water partition coefficient (Wildman–Crippen LogP) is 4.79. The second kappa shape index (κ2) is 5.55. The minimum absolute atomic E-state index is 0.704. The molecule has 2 N–H and O–H groups in total. The first kappa shape index (κ1) is 14.5. The summed E-state index contributed by atoms with van der Waals surface area (Å²) in [6, 6.07) is 13.6. The van der Waals surface area contributed by atoms with Crippen LogP contribution < -0.4 is 10.5 Å². The smallest absolute Gasteiger partial charge is 0.127 e. The number of nitrogens with two attached hydrogens (primary N) is 1. The van der Waals surface area contributed by atoms with Crippen LogP contribution in [0.1, 0.15) is 11.1 Å². The topological polar surface area (TPSA) is 38.5 Å². The second-order valence-corrected chi connectivity index (χ2v) is 7.04. The Morgan fingerprint density at radius 3 is 2.65 bits per heavy atom. The van der Waals surface area contributed by atoms with Gasteiger partial charge in [-0.05, 0) is 48.0 Å². The van der Waals surface area contributed by atoms with Gasteiger partial charge in [0, 0.05) is 35.2 Å². The van der Waals surface area contributed by atoms with E-state index in [2.05, 4.69) is 24.1 Å². The summed E-state index contributed by atoms with van der Waals surface area (Å²) in [6.45, 7) is 0. The van der Waals surface area contributed by atoms with Crippen LogP contribution in [0.2, 0.25) is 5.02 Å². The molecular formula is C18H15ClN2OS. The van der Waals surface area contributed by atoms with Crippen molar-refractivity contribution in [1.29, 1.82) is 0 Å². The molecule has 0 spiro atoms. The Bertz CT molecular complexity index is 843. The molecule has 0 amide bonds. The number of rotatable bonds is 2. The van der Waals surface area contributed by atoms with Crippen LogP contribution in [0.15, 0.2) is 58.6 Å². The molecule has 116 valence electrons. The Morgan fingerprint density at radius 1 is 1.17 bits per heavy atom. The van der Waals surface area contributed by atoms with Crippen molar-refractivity contribution in [1.82, 2.24) is 4.90 Å². The molecule has 3 nitrogen and oxygen atoms in total. The number of fused-ring (bicyclic) bond motifs is 2. The molecule has 0 unspecified atom stereocenters. The molecular weight excluding hydrogens is 328 g/mol. The third-order valence-corrected chi connectivity index (χ3v) is 5.49. The van der Waals surface area contributed by atoms with E-state index in [1.54, 1.807) is 18.0 Å². The zero-order valence-corrected chi connectivity index (χ0v) is 14.1. The Hall–Kier alpha value is -2.04. The molecule has 0 saturated heterocycles. The third kappa shape index (κ3) is 2.48. The molecule has 4 rings (SSSR count). The van der Waals surface area contributed by atoms with Crippen molar-refractivity contribution >= 4 is 29.1 Å². The molecule has 0 aromatic heterocycles. The Kier molecular flexibility index (Phi) is 3.51. The fourth-order valence-electron chi connectivity index (χ4n) is 2.96. The zero-order chi connectivity index (χ0) is 16.0. The molecule has 0 saturated carbocycles. The maximum atomic E-state index is 5.92. The van der Waals surface area contributed by atoms with E-state index < -0.39 is 0 Å². The number of halogens is 1. The van der Waals surface area contributed by atoms with Crippen LogP contribution in [0.4, 0.5) is 0 Å². The minimum Gasteiger partial charge on any atom is -0.457 e. The third-order valence-electron chi connectivity index (χ3n) is 4.03. The van der Waals surface area contributed by atoms with E-state index in [0.29, 0.717) is 5.02 Å². The van der Waals surface area contributed by atoms with E-state index >= 15 is 0 Å². The normalized spacial score (nSPS) is 17.7. The second-order valence-electron chi connectivity index (χ2n) is 5.49. The molecule has 0 fully saturated rings. The molecule has 0 bridgehead atoms. The van der Waals surface area contributed by atoms with Gasteiger partial charge in [0.25, 0.3) is 0 Å². The predicted molar refractivity (Wildman–Crippen MR) is 96.2 cm³/mol. The summed E-state index contributed by atoms with van der Waals surface area (Å²) in [6.07, 6.45) is 2.59. The van der Waals surface area contributed by atoms with Gasteiger partial charge in [0.15, 0.2) is 0 Å². The summed E-state index contributed by atoms with van der Waals surface area (Å²) in [4.78, 5) is 3.51. The largest absolute Gasteiger partial charge is 0.457 e. The van der Waals surface area contributed by atoms with Crippen molar-refractivity contribution in [2.24, 2.45) is 5.73 Å². The fraction of sp³-hybridized carbons (Fsp3) is 0.111. The van der Waals surface area contributed by atoms with E-state index in [0.717, 1.165) is 22.9 Å². The van der Waals surface area contributed by atoms with E-state index in [1.807, 2.05) is 30.3 Å². The summed E-state index contributed by atoms with van der Waals surface area (Å²) in [5, 5.41) is 1.79. The molecule has 2 aliphatic rings. The molecule has 2 aromatic rings. The van der Waals surface area contributed by atoms with Gasteiger partial charge >= 0.3 is 0 Å². The number of hydrogen-bond donors (Lipinski definition) is 1. The van der Waals surface area contributed by atoms with Gasteiger partial charge < -0.3 is 15.4 Å². The maximum Gasteiger partial charge on any atom is 0.127 e. The number of nitrogens with zero attached hydrogens (tertiary/aromatic N) is 1. The van der Waals surface area contributed by atoms with E-state index in [-0.39, 0.29) is 0 Å². The van der Waals surface area contributed by atoms with E-state index in [9.17, 15) is 0 Å². The summed E-state index contributed by atoms with van der Waals surface area (Å²) in [7, 11) is 2.06. The van der Waals surface area contributed by atoms with Crippen molar-refractivity contribution in [3.63, 3.8) is 0 Å². The highest BCUT2D eigenvalue weighted by Crippen LogP contribution is 2.51. The lowest BCUT2D eigenvalue weighted by atomic mass is 10.1. The maximum absolute atomic E-state index is 5.92. The lowest BCUT2D eigenvalue weighted by Crippen LogP contribution is -2.11. The van der Waals surface area contributed by atoms with Gasteiger partial charge in [0.1, 0.15) is 11.5 Å². The summed E-state index contributed by atoms with van der Waals surface area (Å²) in [5.41, 5.74) is 9.50. The highest BCUT2D eigenvalue weighted by molar-refractivity contribution is 8.07. The van der Waals surface area contributed by atoms with Crippen LogP contribution in [0, 0.1) is 0 Å². The summed E-state index contributed by atoms with van der Waals surface area (Å²) >= 11 is 7.65. The number of benzene rings is 2. The van der Waals surface area contributed by atoms with Gasteiger partial charge in [-0.15, -0.1) is 0 Å². The average Bonchev–Trinajstić information content (AvgIpc) is 3.05. The van der Waals surface area contributed by atoms with Crippen LogP contribution in [-0.2, 0) is 6.42 Å². The molecule has 0 radical (unpaired) electrons. The molecule has 1 heterocycles. The Labute approximate surface area is 144 Å². The van der Waals surface area contributed by atoms with Crippen molar-refractivity contribution in [2.75, 3.05) is 7.05 Å². The molecule has 5 heteroatoms. The minimum atomic E-state index is 0.704. The zero-order valence-electron chi connectivity index (χ0n) is 12.5. The highest BCUT2D eigenvalue weighted by Gasteiger charge is 2.32. The number of ether oxygens (including phenoxy) is 1. The van der Waals surface area contributed by atoms with Crippen LogP contribution in [0.5, 0.6) is 11.5 Å². The Morgan fingerprint density at radius 2 is 1.91 bits per heavy atom. The van der Waals surface area contributed by atoms with Gasteiger partial charge in [-0.1, -0.05) is 23.4 Å². The monoisotopic (exact) mass is 342 g/mol. The first-order valence-corrected chi connectivity index (χ1v) is 8.48. The molecule has 23 heavy (non-hydrogen) atoms. The van der Waals surface area contributed by atoms with Crippen LogP contribution in [0.3, 0.4) is 0 Å². The van der Waals surface area contributed by atoms with Gasteiger partial charge in [-0.3, -0.25) is 0 Å². The molecule has 0 atom stereocenters. The van der Waals surface area contributed by atoms with Gasteiger partial charge in [0.05, 0.1) is 10.7 Å². The van der Waals surface area contributed by atoms with Crippen molar-refractivity contribution in [3.8, 4) is 11.5 Å². The average molecular weight is 343 g/mol. The fourth-order valence-corrected chi connectivity index (χ4v) is 4.21. The van der Waals surface area contributed by atoms with Crippen molar-refractivity contribution in [2.45, 2.75) is 6.42 Å². The van der Waals surface area contributed by atoms with E-state index in [1.165, 1.54) is 21.7 Å². The molecule has 1 aliphatic heterocycles. The van der Waals surface area contributed by atoms with Crippen molar-refractivity contribution < 1.29 is 4.74 Å². The highest BCUT2D eigenvalue weighted by atomic mass is 35.5. The summed E-state index contributed by atoms with van der Waals surface area (Å²) in [5.74, 6) is 1.63. The standard InChI is InChI=1S/C18H15ClN2OS/c1-21-17(10-20)23-16-9-11-8-14(6-7-15(11)18(16)21)22-13-4-2-12(19)3-5-13/h2-8,10H,9,20H2,1H3/b17-10-. The first-order valence-electron chi connectivity index (χ1n) is 7.29. The number of hydrogen-bond acceptors (Lipinski definition) is 4. The molecule has 1 aliphatic carbocycles. The van der Waals surface area contributed by atoms with Crippen molar-refractivity contribution in [3.05, 3.63) is 74.7 Å². The van der Waals surface area contributed by atoms with Gasteiger partial charge in [-0.2, -0.15) is 0 Å². The van der Waals surface area contributed by atoms with Crippen LogP contribution in [-0.4, -0.2) is 11.9 Å². The number of allylic oxidation sites excluding steroid dienone is 1. The first-order chi connectivity index (χ1) is 11.2. The van der Waals surface area contributed by atoms with E-state index in [4.69, 9.17) is 22.1 Å². The van der Waals surface area contributed by atoms with Crippen LogP contribution >= 0.6 is 23.4 Å². The van der Waals surface area contributed by atoms with Crippen LogP contribution in [0.25, 0.3) is 5.70 Å². The Balaban J connectivity index is 1.61.